The molecule has 2 N–H and O–H groups in total. The van der Waals surface area contributed by atoms with E-state index in [2.05, 4.69) is 159 Å². The number of nitrogens with zero attached hydrogens (tertiary/aromatic N) is 2. The molecule has 0 saturated carbocycles. The Kier molecular flexibility index (Phi) is 6.03. The Labute approximate surface area is 221 Å². The summed E-state index contributed by atoms with van der Waals surface area (Å²) in [6.07, 6.45) is 0. The van der Waals surface area contributed by atoms with E-state index in [0.29, 0.717) is 0 Å². The van der Waals surface area contributed by atoms with Gasteiger partial charge in [-0.15, -0.1) is 0 Å². The van der Waals surface area contributed by atoms with Crippen molar-refractivity contribution in [3.05, 3.63) is 140 Å². The highest BCUT2D eigenvalue weighted by Crippen LogP contribution is 2.74. The average molecular weight is 534 g/mol. The number of para-hydroxylation sites is 4. The van der Waals surface area contributed by atoms with Gasteiger partial charge in [0.2, 0.25) is 0 Å². The number of benzene rings is 5. The first-order valence-electron chi connectivity index (χ1n) is 12.3. The van der Waals surface area contributed by atoms with E-state index in [0.717, 1.165) is 11.4 Å². The third kappa shape index (κ3) is 4.07. The maximum atomic E-state index is 4.02. The van der Waals surface area contributed by atoms with Crippen LogP contribution in [0.2, 0.25) is 0 Å². The molecular weight excluding hydrogens is 509 g/mol. The molecule has 2 unspecified atom stereocenters. The third-order valence-electron chi connectivity index (χ3n) is 6.42. The summed E-state index contributed by atoms with van der Waals surface area (Å²) in [5.74, 6) is 0. The Balaban J connectivity index is 1.53. The molecule has 0 spiro atoms. The van der Waals surface area contributed by atoms with Crippen LogP contribution in [0.15, 0.2) is 140 Å². The molecule has 2 atom stereocenters. The summed E-state index contributed by atoms with van der Waals surface area (Å²) in [6, 6.07) is 50.4. The molecule has 5 aromatic rings. The molecule has 0 saturated heterocycles. The lowest BCUT2D eigenvalue weighted by molar-refractivity contribution is 1.55. The Hall–Kier alpha value is -3.41. The third-order valence-corrected chi connectivity index (χ3v) is 14.1. The van der Waals surface area contributed by atoms with Gasteiger partial charge in [-0.05, 0) is 24.3 Å². The molecule has 2 bridgehead atoms. The maximum Gasteiger partial charge on any atom is 0.139 e. The van der Waals surface area contributed by atoms with Crippen LogP contribution in [0, 0.1) is 0 Å². The Morgan fingerprint density at radius 1 is 0.378 bits per heavy atom. The van der Waals surface area contributed by atoms with Gasteiger partial charge < -0.3 is 10.2 Å². The second-order valence-electron chi connectivity index (χ2n) is 8.76. The number of hydrogen-bond donors (Lipinski definition) is 2. The van der Waals surface area contributed by atoms with Crippen molar-refractivity contribution in [1.29, 1.82) is 0 Å². The van der Waals surface area contributed by atoms with Gasteiger partial charge in [-0.2, -0.15) is 0 Å². The normalized spacial score (nSPS) is 19.9. The second-order valence-corrected chi connectivity index (χ2v) is 14.8. The molecule has 0 aliphatic carbocycles. The molecule has 4 nitrogen and oxygen atoms in total. The monoisotopic (exact) mass is 534 g/mol. The van der Waals surface area contributed by atoms with Gasteiger partial charge in [0.25, 0.3) is 0 Å². The van der Waals surface area contributed by atoms with Crippen molar-refractivity contribution in [2.45, 2.75) is 0 Å². The van der Waals surface area contributed by atoms with Gasteiger partial charge in [0, 0.05) is 15.9 Å². The molecule has 2 heterocycles. The quantitative estimate of drug-likeness (QED) is 0.232. The average Bonchev–Trinajstić information content (AvgIpc) is 3.33. The van der Waals surface area contributed by atoms with Crippen molar-refractivity contribution in [2.24, 2.45) is 0 Å². The highest BCUT2D eigenvalue weighted by Gasteiger charge is 2.47. The molecule has 7 rings (SSSR count). The highest BCUT2D eigenvalue weighted by molar-refractivity contribution is 7.93. The maximum absolute atomic E-state index is 4.02. The van der Waals surface area contributed by atoms with Crippen molar-refractivity contribution in [1.82, 2.24) is 0 Å². The smallest absolute Gasteiger partial charge is 0.139 e. The molecule has 180 valence electrons. The van der Waals surface area contributed by atoms with Gasteiger partial charge in [-0.1, -0.05) is 115 Å². The summed E-state index contributed by atoms with van der Waals surface area (Å²) in [5.41, 5.74) is 4.83. The van der Waals surface area contributed by atoms with E-state index in [1.165, 1.54) is 27.3 Å². The van der Waals surface area contributed by atoms with Gasteiger partial charge in [0.05, 0.1) is 22.7 Å². The van der Waals surface area contributed by atoms with E-state index in [-0.39, 0.29) is 0 Å². The first kappa shape index (κ1) is 22.8. The van der Waals surface area contributed by atoms with E-state index >= 15 is 0 Å². The summed E-state index contributed by atoms with van der Waals surface area (Å²) in [7, 11) is -2.76. The molecule has 7 heteroatoms. The molecule has 37 heavy (non-hydrogen) atoms. The largest absolute Gasteiger partial charge is 0.342 e. The van der Waals surface area contributed by atoms with Crippen LogP contribution >= 0.6 is 24.7 Å². The first-order valence-corrected chi connectivity index (χ1v) is 16.1. The van der Waals surface area contributed by atoms with Crippen molar-refractivity contribution in [3.63, 3.8) is 0 Å². The van der Waals surface area contributed by atoms with Crippen LogP contribution in [-0.4, -0.2) is 0 Å². The molecule has 2 aliphatic rings. The van der Waals surface area contributed by atoms with Crippen LogP contribution in [0.5, 0.6) is 0 Å². The Morgan fingerprint density at radius 2 is 0.730 bits per heavy atom. The van der Waals surface area contributed by atoms with Crippen molar-refractivity contribution in [2.75, 3.05) is 19.1 Å². The van der Waals surface area contributed by atoms with Gasteiger partial charge in [0.1, 0.15) is 24.7 Å². The Bertz CT molecular complexity index is 1420. The summed E-state index contributed by atoms with van der Waals surface area (Å²) in [4.78, 5) is 0. The summed E-state index contributed by atoms with van der Waals surface area (Å²) in [6.45, 7) is 0. The van der Waals surface area contributed by atoms with Gasteiger partial charge >= 0.3 is 0 Å². The predicted octanol–water partition coefficient (Wildman–Crippen LogP) is 7.76. The fraction of sp³-hybridized carbons (Fsp3) is 0. The zero-order valence-electron chi connectivity index (χ0n) is 20.0. The zero-order chi connectivity index (χ0) is 24.6. The lowest BCUT2D eigenvalue weighted by Crippen LogP contribution is -2.28. The number of rotatable bonds is 3. The van der Waals surface area contributed by atoms with E-state index < -0.39 is 24.7 Å². The summed E-state index contributed by atoms with van der Waals surface area (Å²) < 4.78 is 5.37. The van der Waals surface area contributed by atoms with Gasteiger partial charge in [-0.3, -0.25) is 8.88 Å². The van der Waals surface area contributed by atoms with Crippen LogP contribution in [-0.2, 0) is 0 Å². The second kappa shape index (κ2) is 9.81. The predicted molar refractivity (Wildman–Crippen MR) is 164 cm³/mol. The van der Waals surface area contributed by atoms with Crippen LogP contribution in [0.25, 0.3) is 0 Å². The topological polar surface area (TPSA) is 30.5 Å². The van der Waals surface area contributed by atoms with Crippen LogP contribution < -0.4 is 35.0 Å². The fourth-order valence-corrected chi connectivity index (χ4v) is 13.5. The molecule has 0 amide bonds. The number of fused-ring (bicyclic) bond motifs is 6. The number of hydrogen-bond acceptors (Lipinski definition) is 4. The van der Waals surface area contributed by atoms with E-state index in [1.54, 1.807) is 0 Å². The van der Waals surface area contributed by atoms with Crippen molar-refractivity contribution in [3.8, 4) is 0 Å². The van der Waals surface area contributed by atoms with Crippen LogP contribution in [0.1, 0.15) is 0 Å². The van der Waals surface area contributed by atoms with E-state index in [4.69, 9.17) is 0 Å². The first-order chi connectivity index (χ1) is 18.4. The van der Waals surface area contributed by atoms with Crippen molar-refractivity contribution < 1.29 is 0 Å². The lowest BCUT2D eigenvalue weighted by Gasteiger charge is -2.39. The standard InChI is InChI=1S/C30H25N4P3/c1-4-14-24(15-5-1)35-31-27-20-10-11-21-28(27)32-36(25-16-6-2-7-17-25)34-30-23-13-12-22-29(30)33(35)37(34)26-18-8-3-9-19-26/h1-23,31-32H. The molecule has 0 radical (unpaired) electrons. The lowest BCUT2D eigenvalue weighted by atomic mass is 10.3. The number of nitrogens with one attached hydrogen (secondary N) is 2. The van der Waals surface area contributed by atoms with Crippen LogP contribution in [0.3, 0.4) is 0 Å². The molecule has 2 aliphatic heterocycles. The van der Waals surface area contributed by atoms with Crippen molar-refractivity contribution >= 4 is 63.3 Å². The fourth-order valence-electron chi connectivity index (χ4n) is 4.74. The molecule has 0 fully saturated rings. The minimum atomic E-state index is -0.933. The minimum Gasteiger partial charge on any atom is -0.342 e. The van der Waals surface area contributed by atoms with Crippen LogP contribution in [0.4, 0.5) is 22.7 Å². The van der Waals surface area contributed by atoms with Gasteiger partial charge in [0.15, 0.2) is 0 Å². The van der Waals surface area contributed by atoms with E-state index in [1.807, 2.05) is 0 Å². The minimum absolute atomic E-state index is 0.895. The molecule has 5 aromatic carbocycles. The van der Waals surface area contributed by atoms with E-state index in [9.17, 15) is 0 Å². The summed E-state index contributed by atoms with van der Waals surface area (Å²) in [5, 5.41) is 12.0. The summed E-state index contributed by atoms with van der Waals surface area (Å²) >= 11 is 0. The SMILES string of the molecule is c1ccc(P2Nc3ccccc3NP(c3ccccc3)N3c4ccccc4N2P3c2ccccc2)cc1. The molecular formula is C30H25N4P3. The Morgan fingerprint density at radius 3 is 1.16 bits per heavy atom. The molecule has 0 aromatic heterocycles. The zero-order valence-corrected chi connectivity index (χ0v) is 22.7. The highest BCUT2D eigenvalue weighted by atomic mass is 31.2. The number of anilines is 4. The van der Waals surface area contributed by atoms with Gasteiger partial charge in [-0.25, -0.2) is 0 Å².